The van der Waals surface area contributed by atoms with Crippen molar-refractivity contribution in [3.8, 4) is 5.82 Å². The molecule has 0 bridgehead atoms. The van der Waals surface area contributed by atoms with Crippen LogP contribution in [0.1, 0.15) is 32.2 Å². The second kappa shape index (κ2) is 8.05. The number of alkyl halides is 3. The Morgan fingerprint density at radius 3 is 2.58 bits per heavy atom. The van der Waals surface area contributed by atoms with Gasteiger partial charge in [-0.05, 0) is 25.1 Å². The van der Waals surface area contributed by atoms with Gasteiger partial charge in [-0.1, -0.05) is 23.2 Å². The van der Waals surface area contributed by atoms with E-state index in [2.05, 4.69) is 25.6 Å². The van der Waals surface area contributed by atoms with Gasteiger partial charge in [0.15, 0.2) is 11.5 Å². The van der Waals surface area contributed by atoms with Crippen LogP contribution >= 0.6 is 23.2 Å². The van der Waals surface area contributed by atoms with Crippen LogP contribution in [0.4, 0.5) is 18.9 Å². The third kappa shape index (κ3) is 3.98. The fourth-order valence-corrected chi connectivity index (χ4v) is 3.58. The summed E-state index contributed by atoms with van der Waals surface area (Å²) >= 11 is 12.2. The average Bonchev–Trinajstić information content (AvgIpc) is 3.33. The molecule has 4 aromatic rings. The summed E-state index contributed by atoms with van der Waals surface area (Å²) in [7, 11) is 0. The maximum atomic E-state index is 13.3. The number of carboxylic acid groups (broad SMARTS) is 1. The van der Waals surface area contributed by atoms with Crippen molar-refractivity contribution < 1.29 is 27.9 Å². The van der Waals surface area contributed by atoms with Gasteiger partial charge in [-0.15, -0.1) is 0 Å². The summed E-state index contributed by atoms with van der Waals surface area (Å²) in [4.78, 5) is 28.9. The molecule has 9 nitrogen and oxygen atoms in total. The van der Waals surface area contributed by atoms with Gasteiger partial charge in [-0.2, -0.15) is 23.4 Å². The summed E-state index contributed by atoms with van der Waals surface area (Å²) in [6.45, 7) is 1.64. The monoisotopic (exact) mass is 498 g/mol. The first-order chi connectivity index (χ1) is 15.5. The number of carbonyl (C=O) groups excluding carboxylic acids is 1. The van der Waals surface area contributed by atoms with Gasteiger partial charge in [0.1, 0.15) is 16.8 Å². The second-order valence-corrected chi connectivity index (χ2v) is 7.56. The minimum Gasteiger partial charge on any atom is -0.478 e. The predicted molar refractivity (Wildman–Crippen MR) is 112 cm³/mol. The van der Waals surface area contributed by atoms with Crippen LogP contribution < -0.4 is 5.32 Å². The first kappa shape index (κ1) is 22.6. The number of aromatic nitrogens is 5. The normalized spacial score (nSPS) is 11.7. The van der Waals surface area contributed by atoms with Crippen LogP contribution in [0.2, 0.25) is 10.0 Å². The van der Waals surface area contributed by atoms with E-state index in [1.807, 2.05) is 0 Å². The third-order valence-electron chi connectivity index (χ3n) is 4.62. The van der Waals surface area contributed by atoms with Gasteiger partial charge >= 0.3 is 12.1 Å². The van der Waals surface area contributed by atoms with Crippen LogP contribution in [-0.2, 0) is 6.18 Å². The van der Waals surface area contributed by atoms with E-state index in [4.69, 9.17) is 23.2 Å². The number of H-pyrrole nitrogens is 1. The van der Waals surface area contributed by atoms with E-state index in [-0.39, 0.29) is 27.1 Å². The summed E-state index contributed by atoms with van der Waals surface area (Å²) in [5.74, 6) is -2.82. The first-order valence-corrected chi connectivity index (χ1v) is 9.74. The third-order valence-corrected chi connectivity index (χ3v) is 5.21. The van der Waals surface area contributed by atoms with Crippen LogP contribution in [0, 0.1) is 6.92 Å². The molecule has 0 saturated heterocycles. The number of pyridine rings is 1. The van der Waals surface area contributed by atoms with Crippen LogP contribution in [0.25, 0.3) is 16.7 Å². The number of nitrogens with one attached hydrogen (secondary N) is 2. The zero-order chi connectivity index (χ0) is 24.1. The number of benzene rings is 1. The number of hydrogen-bond donors (Lipinski definition) is 3. The van der Waals surface area contributed by atoms with Crippen molar-refractivity contribution in [2.24, 2.45) is 0 Å². The van der Waals surface area contributed by atoms with Crippen molar-refractivity contribution in [2.45, 2.75) is 13.1 Å². The minimum absolute atomic E-state index is 0.0111. The maximum Gasteiger partial charge on any atom is 0.435 e. The number of carboxylic acids is 1. The molecular formula is C19H11Cl2F3N6O3. The quantitative estimate of drug-likeness (QED) is 0.373. The standard InChI is InChI=1S/C19H11Cl2F3N6O3/c1-7-8-5-10(21)15(13(18(32)33)14(8)28-27-7)26-17(31)11-6-12(19(22,23)24)29-30(11)16-9(20)3-2-4-25-16/h2-6H,1H3,(H,26,31)(H,27,28)(H,32,33). The highest BCUT2D eigenvalue weighted by atomic mass is 35.5. The lowest BCUT2D eigenvalue weighted by Gasteiger charge is -2.12. The summed E-state index contributed by atoms with van der Waals surface area (Å²) in [5.41, 5.74) is -2.22. The molecule has 170 valence electrons. The van der Waals surface area contributed by atoms with Crippen molar-refractivity contribution in [3.05, 3.63) is 63.2 Å². The van der Waals surface area contributed by atoms with Crippen LogP contribution in [-0.4, -0.2) is 41.9 Å². The van der Waals surface area contributed by atoms with E-state index in [1.165, 1.54) is 24.4 Å². The molecule has 0 spiro atoms. The molecule has 0 radical (unpaired) electrons. The van der Waals surface area contributed by atoms with Gasteiger partial charge in [0, 0.05) is 23.3 Å². The fourth-order valence-electron chi connectivity index (χ4n) is 3.13. The van der Waals surface area contributed by atoms with Crippen LogP contribution in [0.5, 0.6) is 0 Å². The Labute approximate surface area is 192 Å². The van der Waals surface area contributed by atoms with E-state index in [9.17, 15) is 27.9 Å². The predicted octanol–water partition coefficient (Wildman–Crippen LogP) is 4.73. The molecule has 0 aliphatic carbocycles. The van der Waals surface area contributed by atoms with Crippen LogP contribution in [0.15, 0.2) is 30.5 Å². The first-order valence-electron chi connectivity index (χ1n) is 8.99. The Morgan fingerprint density at radius 1 is 1.21 bits per heavy atom. The maximum absolute atomic E-state index is 13.3. The lowest BCUT2D eigenvalue weighted by Crippen LogP contribution is -2.20. The molecule has 0 atom stereocenters. The SMILES string of the molecule is Cc1[nH]nc2c(C(=O)O)c(NC(=O)c3cc(C(F)(F)F)nn3-c3ncccc3Cl)c(Cl)cc12. The van der Waals surface area contributed by atoms with E-state index in [0.29, 0.717) is 21.8 Å². The minimum atomic E-state index is -4.88. The summed E-state index contributed by atoms with van der Waals surface area (Å²) < 4.78 is 40.6. The summed E-state index contributed by atoms with van der Waals surface area (Å²) in [6.07, 6.45) is -3.62. The number of aromatic carboxylic acids is 1. The van der Waals surface area contributed by atoms with Crippen molar-refractivity contribution in [1.82, 2.24) is 25.0 Å². The average molecular weight is 499 g/mol. The zero-order valence-electron chi connectivity index (χ0n) is 16.3. The number of rotatable bonds is 4. The smallest absolute Gasteiger partial charge is 0.435 e. The highest BCUT2D eigenvalue weighted by Gasteiger charge is 2.37. The summed E-state index contributed by atoms with van der Waals surface area (Å²) in [5, 5.41) is 22.1. The largest absolute Gasteiger partial charge is 0.478 e. The van der Waals surface area contributed by atoms with Crippen molar-refractivity contribution in [3.63, 3.8) is 0 Å². The number of anilines is 1. The lowest BCUT2D eigenvalue weighted by atomic mass is 10.1. The molecule has 3 aromatic heterocycles. The molecule has 0 unspecified atom stereocenters. The molecule has 0 aliphatic rings. The van der Waals surface area contributed by atoms with Gasteiger partial charge in [0.25, 0.3) is 5.91 Å². The van der Waals surface area contributed by atoms with Gasteiger partial charge in [0.2, 0.25) is 0 Å². The van der Waals surface area contributed by atoms with Crippen molar-refractivity contribution in [1.29, 1.82) is 0 Å². The fraction of sp³-hybridized carbons (Fsp3) is 0.105. The van der Waals surface area contributed by atoms with E-state index in [1.54, 1.807) is 6.92 Å². The molecule has 4 rings (SSSR count). The van der Waals surface area contributed by atoms with Crippen molar-refractivity contribution >= 4 is 51.7 Å². The number of fused-ring (bicyclic) bond motifs is 1. The molecule has 1 aromatic carbocycles. The van der Waals surface area contributed by atoms with Gasteiger partial charge < -0.3 is 10.4 Å². The Morgan fingerprint density at radius 2 is 1.94 bits per heavy atom. The Hall–Kier alpha value is -3.64. The van der Waals surface area contributed by atoms with E-state index < -0.39 is 35.0 Å². The molecule has 0 fully saturated rings. The molecular weight excluding hydrogens is 488 g/mol. The molecule has 1 amide bonds. The molecule has 0 aliphatic heterocycles. The Balaban J connectivity index is 1.86. The molecule has 3 N–H and O–H groups in total. The topological polar surface area (TPSA) is 126 Å². The number of nitrogens with zero attached hydrogens (tertiary/aromatic N) is 4. The van der Waals surface area contributed by atoms with Crippen molar-refractivity contribution in [2.75, 3.05) is 5.32 Å². The number of hydrogen-bond acceptors (Lipinski definition) is 5. The number of carbonyl (C=O) groups is 2. The van der Waals surface area contributed by atoms with E-state index in [0.717, 1.165) is 0 Å². The highest BCUT2D eigenvalue weighted by molar-refractivity contribution is 6.36. The lowest BCUT2D eigenvalue weighted by molar-refractivity contribution is -0.141. The number of aromatic amines is 1. The second-order valence-electron chi connectivity index (χ2n) is 6.75. The highest BCUT2D eigenvalue weighted by Crippen LogP contribution is 2.35. The zero-order valence-corrected chi connectivity index (χ0v) is 17.8. The number of amides is 1. The van der Waals surface area contributed by atoms with Gasteiger partial charge in [-0.25, -0.2) is 14.5 Å². The number of aryl methyl sites for hydroxylation is 1. The van der Waals surface area contributed by atoms with E-state index >= 15 is 0 Å². The van der Waals surface area contributed by atoms with Gasteiger partial charge in [0.05, 0.1) is 15.7 Å². The summed E-state index contributed by atoms with van der Waals surface area (Å²) in [6, 6.07) is 4.67. The molecule has 0 saturated carbocycles. The molecule has 3 heterocycles. The Bertz CT molecular complexity index is 1430. The molecule has 14 heteroatoms. The molecule has 33 heavy (non-hydrogen) atoms. The number of halogens is 5. The van der Waals surface area contributed by atoms with Gasteiger partial charge in [-0.3, -0.25) is 9.89 Å². The Kier molecular flexibility index (Phi) is 5.50. The van der Waals surface area contributed by atoms with Crippen LogP contribution in [0.3, 0.4) is 0 Å².